The van der Waals surface area contributed by atoms with E-state index in [9.17, 15) is 0 Å². The Hall–Kier alpha value is -9.01. The summed E-state index contributed by atoms with van der Waals surface area (Å²) in [5, 5.41) is 14.0. The van der Waals surface area contributed by atoms with E-state index in [4.69, 9.17) is 19.4 Å². The van der Waals surface area contributed by atoms with Crippen molar-refractivity contribution in [2.45, 2.75) is 0 Å². The third-order valence-corrected chi connectivity index (χ3v) is 16.9. The van der Waals surface area contributed by atoms with E-state index in [2.05, 4.69) is 217 Å². The number of para-hydroxylation sites is 1. The van der Waals surface area contributed by atoms with Gasteiger partial charge in [0.25, 0.3) is 0 Å². The highest BCUT2D eigenvalue weighted by atomic mass is 32.1. The number of hydrogen-bond acceptors (Lipinski definition) is 6. The van der Waals surface area contributed by atoms with Gasteiger partial charge in [-0.2, -0.15) is 0 Å². The minimum absolute atomic E-state index is 0.591. The maximum Gasteiger partial charge on any atom is 0.164 e. The summed E-state index contributed by atoms with van der Waals surface area (Å²) in [5.41, 5.74) is 9.84. The molecule has 0 radical (unpaired) electrons. The van der Waals surface area contributed by atoms with Crippen LogP contribution >= 0.6 is 22.7 Å². The molecule has 0 bridgehead atoms. The van der Waals surface area contributed by atoms with Crippen LogP contribution in [0.1, 0.15) is 0 Å². The lowest BCUT2D eigenvalue weighted by atomic mass is 9.94. The van der Waals surface area contributed by atoms with Crippen molar-refractivity contribution >= 4 is 128 Å². The molecule has 16 rings (SSSR count). The van der Waals surface area contributed by atoms with Crippen LogP contribution in [0.4, 0.5) is 0 Å². The van der Waals surface area contributed by atoms with E-state index in [0.717, 1.165) is 77.2 Å². The summed E-state index contributed by atoms with van der Waals surface area (Å²) in [6, 6.07) is 78.6. The van der Waals surface area contributed by atoms with Gasteiger partial charge in [0.15, 0.2) is 17.5 Å². The van der Waals surface area contributed by atoms with Gasteiger partial charge in [-0.15, -0.1) is 22.7 Å². The zero-order valence-corrected chi connectivity index (χ0v) is 39.9. The van der Waals surface area contributed by atoms with E-state index < -0.39 is 0 Å². The lowest BCUT2D eigenvalue weighted by molar-refractivity contribution is 0.669. The summed E-state index contributed by atoms with van der Waals surface area (Å²) in [5.74, 6) is 1.85. The second kappa shape index (κ2) is 15.2. The monoisotopic (exact) mass is 952 g/mol. The zero-order chi connectivity index (χ0) is 47.0. The minimum atomic E-state index is 0.591. The van der Waals surface area contributed by atoms with E-state index in [1.807, 2.05) is 6.07 Å². The lowest BCUT2D eigenvalue weighted by Crippen LogP contribution is -2.03. The quantitative estimate of drug-likeness (QED) is 0.172. The molecule has 0 atom stereocenters. The Morgan fingerprint density at radius 2 is 0.764 bits per heavy atom. The molecule has 7 heteroatoms. The van der Waals surface area contributed by atoms with Gasteiger partial charge in [0.1, 0.15) is 11.2 Å². The Labute approximate surface area is 419 Å². The largest absolute Gasteiger partial charge is 0.456 e. The first-order valence-corrected chi connectivity index (χ1v) is 25.8. The molecular formula is C65H36N4OS2. The number of aromatic nitrogens is 4. The Morgan fingerprint density at radius 3 is 1.36 bits per heavy atom. The predicted octanol–water partition coefficient (Wildman–Crippen LogP) is 18.6. The first kappa shape index (κ1) is 39.8. The summed E-state index contributed by atoms with van der Waals surface area (Å²) in [4.78, 5) is 16.7. The van der Waals surface area contributed by atoms with Crippen LogP contribution in [-0.4, -0.2) is 19.5 Å². The van der Waals surface area contributed by atoms with Crippen LogP contribution in [0.15, 0.2) is 223 Å². The van der Waals surface area contributed by atoms with E-state index in [1.54, 1.807) is 22.7 Å². The van der Waals surface area contributed by atoms with Crippen LogP contribution < -0.4 is 0 Å². The van der Waals surface area contributed by atoms with Crippen LogP contribution in [0.2, 0.25) is 0 Å². The Morgan fingerprint density at radius 1 is 0.306 bits per heavy atom. The molecule has 334 valence electrons. The molecule has 0 spiro atoms. The number of furan rings is 1. The number of rotatable bonds is 5. The van der Waals surface area contributed by atoms with Gasteiger partial charge in [0.2, 0.25) is 0 Å². The molecule has 0 saturated heterocycles. The molecule has 0 unspecified atom stereocenters. The molecule has 11 aromatic carbocycles. The van der Waals surface area contributed by atoms with Crippen molar-refractivity contribution < 1.29 is 4.42 Å². The summed E-state index contributed by atoms with van der Waals surface area (Å²) in [7, 11) is 0. The Kier molecular flexibility index (Phi) is 8.43. The molecule has 0 amide bonds. The molecule has 72 heavy (non-hydrogen) atoms. The minimum Gasteiger partial charge on any atom is -0.456 e. The highest BCUT2D eigenvalue weighted by Crippen LogP contribution is 2.46. The second-order valence-corrected chi connectivity index (χ2v) is 20.8. The molecule has 16 aromatic rings. The van der Waals surface area contributed by atoms with E-state index in [-0.39, 0.29) is 0 Å². The van der Waals surface area contributed by atoms with E-state index >= 15 is 0 Å². The summed E-state index contributed by atoms with van der Waals surface area (Å²) in [6.45, 7) is 0. The number of hydrogen-bond donors (Lipinski definition) is 0. The van der Waals surface area contributed by atoms with Gasteiger partial charge in [-0.3, -0.25) is 0 Å². The summed E-state index contributed by atoms with van der Waals surface area (Å²) < 4.78 is 13.9. The van der Waals surface area contributed by atoms with Crippen molar-refractivity contribution in [1.29, 1.82) is 0 Å². The van der Waals surface area contributed by atoms with Crippen molar-refractivity contribution in [3.05, 3.63) is 218 Å². The van der Waals surface area contributed by atoms with Gasteiger partial charge in [-0.05, 0) is 112 Å². The van der Waals surface area contributed by atoms with Crippen LogP contribution in [0.3, 0.4) is 0 Å². The first-order chi connectivity index (χ1) is 35.7. The average molecular weight is 953 g/mol. The van der Waals surface area contributed by atoms with Crippen LogP contribution in [0, 0.1) is 0 Å². The van der Waals surface area contributed by atoms with Crippen molar-refractivity contribution in [3.63, 3.8) is 0 Å². The Bertz CT molecular complexity index is 4730. The summed E-state index contributed by atoms with van der Waals surface area (Å²) >= 11 is 3.60. The van der Waals surface area contributed by atoms with Crippen molar-refractivity contribution in [2.24, 2.45) is 0 Å². The van der Waals surface area contributed by atoms with Gasteiger partial charge in [-0.25, -0.2) is 15.0 Å². The molecule has 5 heterocycles. The maximum atomic E-state index is 6.61. The zero-order valence-electron chi connectivity index (χ0n) is 38.3. The highest BCUT2D eigenvalue weighted by molar-refractivity contribution is 7.26. The third-order valence-electron chi connectivity index (χ3n) is 14.6. The molecule has 5 aromatic heterocycles. The van der Waals surface area contributed by atoms with Gasteiger partial charge in [-0.1, -0.05) is 140 Å². The van der Waals surface area contributed by atoms with Crippen molar-refractivity contribution in [2.75, 3.05) is 0 Å². The number of fused-ring (bicyclic) bond motifs is 14. The van der Waals surface area contributed by atoms with Crippen LogP contribution in [0.25, 0.3) is 157 Å². The lowest BCUT2D eigenvalue weighted by Gasteiger charge is -2.16. The fourth-order valence-corrected chi connectivity index (χ4v) is 13.7. The molecule has 0 aliphatic carbocycles. The molecular weight excluding hydrogens is 917 g/mol. The topological polar surface area (TPSA) is 56.7 Å². The van der Waals surface area contributed by atoms with Gasteiger partial charge in [0, 0.05) is 84.3 Å². The van der Waals surface area contributed by atoms with Gasteiger partial charge < -0.3 is 8.98 Å². The first-order valence-electron chi connectivity index (χ1n) is 24.2. The fourth-order valence-electron chi connectivity index (χ4n) is 11.4. The van der Waals surface area contributed by atoms with E-state index in [1.165, 1.54) is 61.9 Å². The highest BCUT2D eigenvalue weighted by Gasteiger charge is 2.24. The molecule has 0 fully saturated rings. The third kappa shape index (κ3) is 5.89. The standard InChI is InChI=1S/C65H36N4OS2/c1-3-16-39-34-52-50(32-37(39)14-1)51-33-38-15-2-4-17-40(38)35-53(51)69(52)41-30-31-43(49(36-41)42-21-11-25-55-60(42)44-18-5-8-24-54(44)70-55)63-66-64(47-22-12-28-58-61(47)45-19-6-9-26-56(45)71-58)68-65(67-63)48-23-13-29-59-62(48)46-20-7-10-27-57(46)72-59/h1-36H. The summed E-state index contributed by atoms with van der Waals surface area (Å²) in [6.07, 6.45) is 0. The smallest absolute Gasteiger partial charge is 0.164 e. The predicted molar refractivity (Wildman–Crippen MR) is 304 cm³/mol. The van der Waals surface area contributed by atoms with Gasteiger partial charge in [0.05, 0.1) is 11.0 Å². The molecule has 0 N–H and O–H groups in total. The maximum absolute atomic E-state index is 6.61. The average Bonchev–Trinajstić information content (AvgIpc) is 4.20. The molecule has 0 aliphatic heterocycles. The number of benzene rings is 11. The normalized spacial score (nSPS) is 12.2. The Balaban J connectivity index is 1.03. The number of thiophene rings is 2. The fraction of sp³-hybridized carbons (Fsp3) is 0. The van der Waals surface area contributed by atoms with Crippen LogP contribution in [-0.2, 0) is 0 Å². The molecule has 0 aliphatic rings. The number of nitrogens with zero attached hydrogens (tertiary/aromatic N) is 4. The van der Waals surface area contributed by atoms with Gasteiger partial charge >= 0.3 is 0 Å². The van der Waals surface area contributed by atoms with E-state index in [0.29, 0.717) is 17.5 Å². The SMILES string of the molecule is c1ccc2cc3c(cc2c1)c1cc2ccccc2cc1n3-c1ccc(-c2nc(-c3cccc4sc5ccccc5c34)nc(-c3cccc4sc5ccccc5c34)n2)c(-c2cccc3oc4ccccc4c23)c1. The molecule has 5 nitrogen and oxygen atoms in total. The molecule has 0 saturated carbocycles. The van der Waals surface area contributed by atoms with Crippen LogP contribution in [0.5, 0.6) is 0 Å². The van der Waals surface area contributed by atoms with Crippen molar-refractivity contribution in [3.8, 4) is 51.0 Å². The second-order valence-electron chi connectivity index (χ2n) is 18.6. The van der Waals surface area contributed by atoms with Crippen molar-refractivity contribution in [1.82, 2.24) is 19.5 Å².